The molecule has 0 aromatic carbocycles. The Kier molecular flexibility index (Phi) is 8.07. The zero-order chi connectivity index (χ0) is 13.3. The Hall–Kier alpha value is -0.690. The molecule has 0 heterocycles. The fraction of sp³-hybridized carbons (Fsp3) is 0.909. The van der Waals surface area contributed by atoms with E-state index in [1.54, 1.807) is 14.2 Å². The highest BCUT2D eigenvalue weighted by molar-refractivity contribution is 5.79. The third-order valence-corrected chi connectivity index (χ3v) is 2.57. The molecule has 17 heavy (non-hydrogen) atoms. The number of carbonyl (C=O) groups excluding carboxylic acids is 1. The van der Waals surface area contributed by atoms with Gasteiger partial charge in [0.15, 0.2) is 5.60 Å². The third-order valence-electron chi connectivity index (χ3n) is 2.57. The zero-order valence-corrected chi connectivity index (χ0v) is 11.1. The van der Waals surface area contributed by atoms with Crippen molar-refractivity contribution in [1.82, 2.24) is 0 Å². The van der Waals surface area contributed by atoms with Gasteiger partial charge in [-0.3, -0.25) is 0 Å². The van der Waals surface area contributed by atoms with Crippen molar-refractivity contribution in [2.75, 3.05) is 48.8 Å². The molecule has 0 amide bonds. The molecule has 0 saturated heterocycles. The summed E-state index contributed by atoms with van der Waals surface area (Å²) in [5, 5.41) is 0. The van der Waals surface area contributed by atoms with Gasteiger partial charge in [0.2, 0.25) is 0 Å². The largest absolute Gasteiger partial charge is 0.467 e. The molecule has 0 unspecified atom stereocenters. The summed E-state index contributed by atoms with van der Waals surface area (Å²) in [6, 6.07) is 0. The smallest absolute Gasteiger partial charge is 0.340 e. The Labute approximate surface area is 102 Å². The molecule has 0 fully saturated rings. The number of ether oxygens (including phenoxy) is 5. The van der Waals surface area contributed by atoms with Crippen molar-refractivity contribution < 1.29 is 28.5 Å². The van der Waals surface area contributed by atoms with Crippen LogP contribution >= 0.6 is 0 Å². The zero-order valence-electron chi connectivity index (χ0n) is 11.1. The SMILES string of the molecule is COC[C@@H](C[C@@](COC)(OC)C(=O)OC)OC. The summed E-state index contributed by atoms with van der Waals surface area (Å²) in [5.41, 5.74) is -1.16. The van der Waals surface area contributed by atoms with Gasteiger partial charge in [0.05, 0.1) is 26.4 Å². The Balaban J connectivity index is 4.81. The highest BCUT2D eigenvalue weighted by Crippen LogP contribution is 2.21. The van der Waals surface area contributed by atoms with Crippen molar-refractivity contribution in [3.63, 3.8) is 0 Å². The minimum Gasteiger partial charge on any atom is -0.467 e. The molecule has 0 aliphatic heterocycles. The molecule has 0 saturated carbocycles. The quantitative estimate of drug-likeness (QED) is 0.546. The van der Waals surface area contributed by atoms with Crippen molar-refractivity contribution in [3.8, 4) is 0 Å². The first-order valence-electron chi connectivity index (χ1n) is 5.24. The van der Waals surface area contributed by atoms with Gasteiger partial charge in [0.25, 0.3) is 0 Å². The van der Waals surface area contributed by atoms with Crippen LogP contribution in [0.25, 0.3) is 0 Å². The molecular weight excluding hydrogens is 228 g/mol. The number of carbonyl (C=O) groups is 1. The molecule has 6 heteroatoms. The van der Waals surface area contributed by atoms with Crippen LogP contribution in [0.5, 0.6) is 0 Å². The van der Waals surface area contributed by atoms with Gasteiger partial charge in [0, 0.05) is 34.9 Å². The fourth-order valence-corrected chi connectivity index (χ4v) is 1.61. The van der Waals surface area contributed by atoms with Crippen molar-refractivity contribution in [1.29, 1.82) is 0 Å². The summed E-state index contributed by atoms with van der Waals surface area (Å²) in [6.07, 6.45) is 0.0307. The van der Waals surface area contributed by atoms with Gasteiger partial charge < -0.3 is 23.7 Å². The van der Waals surface area contributed by atoms with Gasteiger partial charge in [-0.2, -0.15) is 0 Å². The van der Waals surface area contributed by atoms with Crippen LogP contribution in [0, 0.1) is 0 Å². The van der Waals surface area contributed by atoms with E-state index in [2.05, 4.69) is 0 Å². The van der Waals surface area contributed by atoms with Gasteiger partial charge in [-0.05, 0) is 0 Å². The molecule has 0 bridgehead atoms. The fourth-order valence-electron chi connectivity index (χ4n) is 1.61. The van der Waals surface area contributed by atoms with E-state index in [4.69, 9.17) is 23.7 Å². The molecule has 0 aromatic rings. The number of esters is 1. The number of hydrogen-bond acceptors (Lipinski definition) is 6. The summed E-state index contributed by atoms with van der Waals surface area (Å²) < 4.78 is 25.3. The second-order valence-corrected chi connectivity index (χ2v) is 3.64. The van der Waals surface area contributed by atoms with E-state index in [1.165, 1.54) is 21.3 Å². The normalized spacial score (nSPS) is 16.3. The van der Waals surface area contributed by atoms with E-state index < -0.39 is 11.6 Å². The molecule has 0 radical (unpaired) electrons. The van der Waals surface area contributed by atoms with Gasteiger partial charge in [-0.15, -0.1) is 0 Å². The first-order chi connectivity index (χ1) is 8.10. The summed E-state index contributed by atoms with van der Waals surface area (Å²) in [6.45, 7) is 0.460. The van der Waals surface area contributed by atoms with Gasteiger partial charge >= 0.3 is 5.97 Å². The van der Waals surface area contributed by atoms with Crippen molar-refractivity contribution in [3.05, 3.63) is 0 Å². The second-order valence-electron chi connectivity index (χ2n) is 3.64. The summed E-state index contributed by atoms with van der Waals surface area (Å²) in [4.78, 5) is 11.8. The number of methoxy groups -OCH3 is 5. The minimum absolute atomic E-state index is 0.0970. The van der Waals surface area contributed by atoms with Crippen LogP contribution in [-0.4, -0.2) is 66.4 Å². The minimum atomic E-state index is -1.16. The maximum absolute atomic E-state index is 11.8. The van der Waals surface area contributed by atoms with Gasteiger partial charge in [-0.1, -0.05) is 0 Å². The standard InChI is InChI=1S/C11H22O6/c1-13-7-9(15-3)6-11(17-5,8-14-2)10(12)16-4/h9H,6-8H2,1-5H3/t9-,11+/m1/s1. The van der Waals surface area contributed by atoms with E-state index in [0.29, 0.717) is 13.0 Å². The summed E-state index contributed by atoms with van der Waals surface area (Å²) >= 11 is 0. The molecule has 0 spiro atoms. The lowest BCUT2D eigenvalue weighted by molar-refractivity contribution is -0.179. The topological polar surface area (TPSA) is 63.2 Å². The lowest BCUT2D eigenvalue weighted by atomic mass is 9.96. The highest BCUT2D eigenvalue weighted by atomic mass is 16.6. The molecule has 0 N–H and O–H groups in total. The molecule has 0 rings (SSSR count). The van der Waals surface area contributed by atoms with E-state index in [-0.39, 0.29) is 12.7 Å². The van der Waals surface area contributed by atoms with E-state index in [0.717, 1.165) is 0 Å². The van der Waals surface area contributed by atoms with Gasteiger partial charge in [0.1, 0.15) is 0 Å². The predicted octanol–water partition coefficient (Wildman–Crippen LogP) is 0.243. The summed E-state index contributed by atoms with van der Waals surface area (Å²) in [5.74, 6) is -0.486. The lowest BCUT2D eigenvalue weighted by Crippen LogP contribution is -2.49. The van der Waals surface area contributed by atoms with E-state index >= 15 is 0 Å². The Bertz CT molecular complexity index is 220. The molecule has 0 aliphatic rings. The Morgan fingerprint density at radius 1 is 1.12 bits per heavy atom. The highest BCUT2D eigenvalue weighted by Gasteiger charge is 2.42. The Morgan fingerprint density at radius 2 is 1.76 bits per heavy atom. The molecule has 0 aliphatic carbocycles. The van der Waals surface area contributed by atoms with Crippen LogP contribution in [-0.2, 0) is 28.5 Å². The monoisotopic (exact) mass is 250 g/mol. The van der Waals surface area contributed by atoms with Crippen molar-refractivity contribution in [2.24, 2.45) is 0 Å². The summed E-state index contributed by atoms with van der Waals surface area (Å²) in [7, 11) is 7.36. The number of hydrogen-bond donors (Lipinski definition) is 0. The first-order valence-corrected chi connectivity index (χ1v) is 5.24. The molecule has 2 atom stereocenters. The molecular formula is C11H22O6. The predicted molar refractivity (Wildman–Crippen MR) is 60.9 cm³/mol. The van der Waals surface area contributed by atoms with Crippen LogP contribution in [0.15, 0.2) is 0 Å². The van der Waals surface area contributed by atoms with Crippen molar-refractivity contribution >= 4 is 5.97 Å². The average molecular weight is 250 g/mol. The maximum atomic E-state index is 11.8. The molecule has 6 nitrogen and oxygen atoms in total. The lowest BCUT2D eigenvalue weighted by Gasteiger charge is -2.31. The van der Waals surface area contributed by atoms with Crippen LogP contribution in [0.2, 0.25) is 0 Å². The second kappa shape index (κ2) is 8.41. The Morgan fingerprint density at radius 3 is 2.12 bits per heavy atom. The van der Waals surface area contributed by atoms with Gasteiger partial charge in [-0.25, -0.2) is 4.79 Å². The first kappa shape index (κ1) is 16.3. The van der Waals surface area contributed by atoms with Crippen LogP contribution in [0.4, 0.5) is 0 Å². The molecule has 0 aromatic heterocycles. The van der Waals surface area contributed by atoms with Crippen LogP contribution in [0.3, 0.4) is 0 Å². The maximum Gasteiger partial charge on any atom is 0.340 e. The van der Waals surface area contributed by atoms with Crippen molar-refractivity contribution in [2.45, 2.75) is 18.1 Å². The van der Waals surface area contributed by atoms with Crippen LogP contribution < -0.4 is 0 Å². The number of rotatable bonds is 9. The van der Waals surface area contributed by atoms with E-state index in [1.807, 2.05) is 0 Å². The third kappa shape index (κ3) is 4.59. The molecule has 102 valence electrons. The van der Waals surface area contributed by atoms with Crippen LogP contribution in [0.1, 0.15) is 6.42 Å². The average Bonchev–Trinajstić information content (AvgIpc) is 2.36. The van der Waals surface area contributed by atoms with E-state index in [9.17, 15) is 4.79 Å².